The van der Waals surface area contributed by atoms with Gasteiger partial charge in [0.05, 0.1) is 11.3 Å². The Balaban J connectivity index is 2.22. The summed E-state index contributed by atoms with van der Waals surface area (Å²) in [7, 11) is 0. The first-order chi connectivity index (χ1) is 10.0. The summed E-state index contributed by atoms with van der Waals surface area (Å²) < 4.78 is 14.5. The van der Waals surface area contributed by atoms with Crippen molar-refractivity contribution >= 4 is 27.5 Å². The minimum atomic E-state index is -0.613. The molecule has 0 unspecified atom stereocenters. The van der Waals surface area contributed by atoms with Crippen molar-refractivity contribution in [2.45, 2.75) is 6.54 Å². The monoisotopic (exact) mass is 347 g/mol. The second kappa shape index (κ2) is 6.37. The average molecular weight is 348 g/mol. The number of amides is 1. The molecule has 0 aliphatic carbocycles. The summed E-state index contributed by atoms with van der Waals surface area (Å²) in [5.74, 6) is -1.05. The Morgan fingerprint density at radius 1 is 1.33 bits per heavy atom. The van der Waals surface area contributed by atoms with Gasteiger partial charge in [-0.1, -0.05) is 15.9 Å². The van der Waals surface area contributed by atoms with E-state index in [-0.39, 0.29) is 12.1 Å². The summed E-state index contributed by atoms with van der Waals surface area (Å²) in [6, 6.07) is 11.2. The summed E-state index contributed by atoms with van der Waals surface area (Å²) in [6.45, 7) is 0.142. The van der Waals surface area contributed by atoms with Crippen molar-refractivity contribution in [2.24, 2.45) is 5.73 Å². The number of nitrogens with zero attached hydrogens (tertiary/aromatic N) is 1. The van der Waals surface area contributed by atoms with Gasteiger partial charge in [0.2, 0.25) is 5.91 Å². The Bertz CT molecular complexity index is 740. The first-order valence-electron chi connectivity index (χ1n) is 6.03. The van der Waals surface area contributed by atoms with Crippen molar-refractivity contribution in [3.8, 4) is 6.07 Å². The highest BCUT2D eigenvalue weighted by Gasteiger charge is 2.08. The predicted octanol–water partition coefficient (Wildman–Crippen LogP) is 3.17. The molecule has 2 rings (SSSR count). The fraction of sp³-hybridized carbons (Fsp3) is 0.0667. The molecule has 0 saturated heterocycles. The first kappa shape index (κ1) is 15.0. The fourth-order valence-corrected chi connectivity index (χ4v) is 2.18. The quantitative estimate of drug-likeness (QED) is 0.891. The van der Waals surface area contributed by atoms with E-state index < -0.39 is 11.7 Å². The Hall–Kier alpha value is -2.39. The molecule has 0 aliphatic rings. The van der Waals surface area contributed by atoms with Gasteiger partial charge >= 0.3 is 0 Å². The predicted molar refractivity (Wildman–Crippen MR) is 81.1 cm³/mol. The Morgan fingerprint density at radius 2 is 2.10 bits per heavy atom. The SMILES string of the molecule is N#Cc1cc(Br)ccc1NCc1cc(C(N)=O)ccc1F. The number of carbonyl (C=O) groups is 1. The molecule has 21 heavy (non-hydrogen) atoms. The lowest BCUT2D eigenvalue weighted by molar-refractivity contribution is 0.1000. The number of carbonyl (C=O) groups excluding carboxylic acids is 1. The molecule has 0 aliphatic heterocycles. The second-order valence-corrected chi connectivity index (χ2v) is 5.24. The molecule has 0 bridgehead atoms. The highest BCUT2D eigenvalue weighted by atomic mass is 79.9. The van der Waals surface area contributed by atoms with Gasteiger partial charge in [0.15, 0.2) is 0 Å². The first-order valence-corrected chi connectivity index (χ1v) is 6.82. The molecular formula is C15H11BrFN3O. The molecule has 4 nitrogen and oxygen atoms in total. The number of halogens is 2. The van der Waals surface area contributed by atoms with Crippen LogP contribution in [-0.4, -0.2) is 5.91 Å². The summed E-state index contributed by atoms with van der Waals surface area (Å²) in [5.41, 5.74) is 6.74. The van der Waals surface area contributed by atoms with Gasteiger partial charge in [0.1, 0.15) is 11.9 Å². The molecule has 0 radical (unpaired) electrons. The van der Waals surface area contributed by atoms with Crippen LogP contribution >= 0.6 is 15.9 Å². The van der Waals surface area contributed by atoms with Gasteiger partial charge in [0, 0.05) is 22.1 Å². The van der Waals surface area contributed by atoms with Crippen LogP contribution in [0.3, 0.4) is 0 Å². The maximum Gasteiger partial charge on any atom is 0.248 e. The van der Waals surface area contributed by atoms with Crippen molar-refractivity contribution in [1.82, 2.24) is 0 Å². The minimum absolute atomic E-state index is 0.142. The largest absolute Gasteiger partial charge is 0.380 e. The molecular weight excluding hydrogens is 337 g/mol. The summed E-state index contributed by atoms with van der Waals surface area (Å²) in [6.07, 6.45) is 0. The van der Waals surface area contributed by atoms with Crippen LogP contribution in [0.2, 0.25) is 0 Å². The molecule has 0 saturated carbocycles. The maximum absolute atomic E-state index is 13.7. The lowest BCUT2D eigenvalue weighted by Gasteiger charge is -2.10. The van der Waals surface area contributed by atoms with Crippen LogP contribution in [0.4, 0.5) is 10.1 Å². The van der Waals surface area contributed by atoms with E-state index in [1.54, 1.807) is 18.2 Å². The highest BCUT2D eigenvalue weighted by Crippen LogP contribution is 2.21. The number of benzene rings is 2. The van der Waals surface area contributed by atoms with Crippen LogP contribution in [0, 0.1) is 17.1 Å². The zero-order valence-corrected chi connectivity index (χ0v) is 12.4. The van der Waals surface area contributed by atoms with Crippen molar-refractivity contribution in [2.75, 3.05) is 5.32 Å². The smallest absolute Gasteiger partial charge is 0.248 e. The van der Waals surface area contributed by atoms with Crippen LogP contribution < -0.4 is 11.1 Å². The third-order valence-electron chi connectivity index (χ3n) is 2.90. The third kappa shape index (κ3) is 3.58. The number of hydrogen-bond acceptors (Lipinski definition) is 3. The Kier molecular flexibility index (Phi) is 4.55. The summed E-state index contributed by atoms with van der Waals surface area (Å²) in [4.78, 5) is 11.1. The molecule has 0 aromatic heterocycles. The van der Waals surface area contributed by atoms with E-state index in [1.165, 1.54) is 18.2 Å². The molecule has 0 fully saturated rings. The molecule has 0 atom stereocenters. The van der Waals surface area contributed by atoms with Crippen LogP contribution in [0.15, 0.2) is 40.9 Å². The Morgan fingerprint density at radius 3 is 2.76 bits per heavy atom. The van der Waals surface area contributed by atoms with Gasteiger partial charge < -0.3 is 11.1 Å². The van der Waals surface area contributed by atoms with Crippen LogP contribution in [0.1, 0.15) is 21.5 Å². The van der Waals surface area contributed by atoms with Crippen molar-refractivity contribution in [3.05, 3.63) is 63.4 Å². The number of rotatable bonds is 4. The van der Waals surface area contributed by atoms with Gasteiger partial charge in [-0.2, -0.15) is 5.26 Å². The van der Waals surface area contributed by atoms with Gasteiger partial charge in [-0.25, -0.2) is 4.39 Å². The van der Waals surface area contributed by atoms with Gasteiger partial charge in [0.25, 0.3) is 0 Å². The van der Waals surface area contributed by atoms with Crippen molar-refractivity contribution < 1.29 is 9.18 Å². The molecule has 0 spiro atoms. The van der Waals surface area contributed by atoms with Crippen LogP contribution in [0.5, 0.6) is 0 Å². The van der Waals surface area contributed by atoms with E-state index in [9.17, 15) is 9.18 Å². The molecule has 1 amide bonds. The van der Waals surface area contributed by atoms with E-state index in [2.05, 4.69) is 27.3 Å². The zero-order valence-electron chi connectivity index (χ0n) is 10.9. The van der Waals surface area contributed by atoms with E-state index in [0.717, 1.165) is 4.47 Å². The van der Waals surface area contributed by atoms with E-state index in [4.69, 9.17) is 11.0 Å². The van der Waals surface area contributed by atoms with Crippen molar-refractivity contribution in [1.29, 1.82) is 5.26 Å². The van der Waals surface area contributed by atoms with E-state index in [1.807, 2.05) is 0 Å². The molecule has 2 aromatic carbocycles. The number of nitrogens with one attached hydrogen (secondary N) is 1. The van der Waals surface area contributed by atoms with Gasteiger partial charge in [-0.3, -0.25) is 4.79 Å². The molecule has 6 heteroatoms. The lowest BCUT2D eigenvalue weighted by Crippen LogP contribution is -2.12. The van der Waals surface area contributed by atoms with Gasteiger partial charge in [-0.15, -0.1) is 0 Å². The third-order valence-corrected chi connectivity index (χ3v) is 3.39. The van der Waals surface area contributed by atoms with Crippen LogP contribution in [-0.2, 0) is 6.54 Å². The summed E-state index contributed by atoms with van der Waals surface area (Å²) >= 11 is 3.28. The van der Waals surface area contributed by atoms with Crippen LogP contribution in [0.25, 0.3) is 0 Å². The molecule has 2 aromatic rings. The minimum Gasteiger partial charge on any atom is -0.380 e. The van der Waals surface area contributed by atoms with Crippen molar-refractivity contribution in [3.63, 3.8) is 0 Å². The number of nitrogens with two attached hydrogens (primary N) is 1. The lowest BCUT2D eigenvalue weighted by atomic mass is 10.1. The number of primary amides is 1. The van der Waals surface area contributed by atoms with E-state index in [0.29, 0.717) is 16.8 Å². The summed E-state index contributed by atoms with van der Waals surface area (Å²) in [5, 5.41) is 12.0. The Labute approximate surface area is 129 Å². The van der Waals surface area contributed by atoms with Gasteiger partial charge in [-0.05, 0) is 36.4 Å². The van der Waals surface area contributed by atoms with E-state index >= 15 is 0 Å². The molecule has 0 heterocycles. The maximum atomic E-state index is 13.7. The second-order valence-electron chi connectivity index (χ2n) is 4.33. The topological polar surface area (TPSA) is 78.9 Å². The average Bonchev–Trinajstić information content (AvgIpc) is 2.47. The molecule has 3 N–H and O–H groups in total. The zero-order chi connectivity index (χ0) is 15.4. The number of anilines is 1. The normalized spacial score (nSPS) is 9.95. The number of hydrogen-bond donors (Lipinski definition) is 2. The standard InChI is InChI=1S/C15H11BrFN3O/c16-12-2-4-14(10(6-12)7-18)20-8-11-5-9(15(19)21)1-3-13(11)17/h1-6,20H,8H2,(H2,19,21). The number of nitriles is 1. The highest BCUT2D eigenvalue weighted by molar-refractivity contribution is 9.10. The molecule has 106 valence electrons. The fourth-order valence-electron chi connectivity index (χ4n) is 1.82.